The number of amides is 1. The van der Waals surface area contributed by atoms with Gasteiger partial charge in [0.15, 0.2) is 0 Å². The van der Waals surface area contributed by atoms with Crippen molar-refractivity contribution in [3.05, 3.63) is 103 Å². The molecular formula is C24H23ClFN5O4. The van der Waals surface area contributed by atoms with Crippen molar-refractivity contribution in [1.82, 2.24) is 25.0 Å². The molecule has 0 spiro atoms. The second-order valence-corrected chi connectivity index (χ2v) is 8.21. The van der Waals surface area contributed by atoms with Gasteiger partial charge in [-0.15, -0.1) is 0 Å². The molecule has 1 aliphatic rings. The van der Waals surface area contributed by atoms with Crippen LogP contribution in [0.25, 0.3) is 10.9 Å². The third kappa shape index (κ3) is 5.13. The zero-order chi connectivity index (χ0) is 25.1. The van der Waals surface area contributed by atoms with Crippen molar-refractivity contribution in [1.29, 1.82) is 0 Å². The molecule has 0 saturated carbocycles. The Bertz CT molecular complexity index is 1480. The number of carbonyl (C=O) groups is 1. The van der Waals surface area contributed by atoms with Crippen molar-refractivity contribution in [2.24, 2.45) is 7.05 Å². The number of aryl methyl sites for hydroxylation is 1. The number of hydrogen-bond donors (Lipinski definition) is 2. The molecule has 0 saturated heterocycles. The molecule has 2 aromatic carbocycles. The molecule has 1 aromatic heterocycles. The van der Waals surface area contributed by atoms with Gasteiger partial charge in [0.25, 0.3) is 11.5 Å². The first-order chi connectivity index (χ1) is 16.8. The molecule has 2 N–H and O–H groups in total. The summed E-state index contributed by atoms with van der Waals surface area (Å²) in [6.07, 6.45) is 5.19. The maximum Gasteiger partial charge on any atom is 0.331 e. The maximum atomic E-state index is 13.5. The molecule has 1 aliphatic heterocycles. The number of benzene rings is 2. The van der Waals surface area contributed by atoms with Crippen molar-refractivity contribution < 1.29 is 14.0 Å². The first kappa shape index (κ1) is 24.2. The molecule has 0 radical (unpaired) electrons. The molecule has 11 heteroatoms. The Balaban J connectivity index is 1.58. The van der Waals surface area contributed by atoms with Crippen molar-refractivity contribution in [2.75, 3.05) is 13.2 Å². The molecule has 0 aliphatic carbocycles. The minimum Gasteiger partial charge on any atom is -0.348 e. The van der Waals surface area contributed by atoms with Crippen LogP contribution in [-0.2, 0) is 18.4 Å². The zero-order valence-electron chi connectivity index (χ0n) is 19.0. The average molecular weight is 500 g/mol. The van der Waals surface area contributed by atoms with Gasteiger partial charge in [0.2, 0.25) is 0 Å². The van der Waals surface area contributed by atoms with Crippen molar-refractivity contribution in [2.45, 2.75) is 13.5 Å². The Morgan fingerprint density at radius 3 is 2.69 bits per heavy atom. The van der Waals surface area contributed by atoms with Gasteiger partial charge in [0.1, 0.15) is 5.82 Å². The van der Waals surface area contributed by atoms with E-state index in [0.717, 1.165) is 10.1 Å². The normalized spacial score (nSPS) is 13.0. The van der Waals surface area contributed by atoms with Crippen LogP contribution in [0.1, 0.15) is 22.8 Å². The van der Waals surface area contributed by atoms with E-state index in [2.05, 4.69) is 10.7 Å². The maximum absolute atomic E-state index is 13.5. The van der Waals surface area contributed by atoms with Crippen LogP contribution in [-0.4, -0.2) is 33.4 Å². The van der Waals surface area contributed by atoms with Crippen molar-refractivity contribution in [3.63, 3.8) is 0 Å². The summed E-state index contributed by atoms with van der Waals surface area (Å²) < 4.78 is 15.9. The second kappa shape index (κ2) is 10.2. The number of fused-ring (bicyclic) bond motifs is 1. The predicted octanol–water partition coefficient (Wildman–Crippen LogP) is 2.44. The zero-order valence-corrected chi connectivity index (χ0v) is 19.8. The molecule has 2 heterocycles. The third-order valence-corrected chi connectivity index (χ3v) is 5.75. The fourth-order valence-corrected chi connectivity index (χ4v) is 3.84. The van der Waals surface area contributed by atoms with Gasteiger partial charge in [-0.3, -0.25) is 29.0 Å². The Labute approximate surface area is 204 Å². The van der Waals surface area contributed by atoms with Gasteiger partial charge < -0.3 is 5.32 Å². The van der Waals surface area contributed by atoms with E-state index in [1.165, 1.54) is 34.0 Å². The van der Waals surface area contributed by atoms with Gasteiger partial charge in [-0.1, -0.05) is 17.7 Å². The molecule has 0 unspecified atom stereocenters. The van der Waals surface area contributed by atoms with E-state index >= 15 is 0 Å². The molecule has 3 aromatic rings. The number of hydrazine groups is 1. The van der Waals surface area contributed by atoms with Gasteiger partial charge in [-0.05, 0) is 54.5 Å². The Kier molecular flexibility index (Phi) is 7.04. The van der Waals surface area contributed by atoms with E-state index in [1.54, 1.807) is 37.7 Å². The Morgan fingerprint density at radius 2 is 2.00 bits per heavy atom. The average Bonchev–Trinajstić information content (AvgIpc) is 2.86. The molecular weight excluding hydrogens is 477 g/mol. The number of aromatic nitrogens is 2. The largest absolute Gasteiger partial charge is 0.348 e. The molecule has 182 valence electrons. The lowest BCUT2D eigenvalue weighted by Gasteiger charge is -2.22. The number of halogens is 2. The van der Waals surface area contributed by atoms with E-state index in [-0.39, 0.29) is 35.0 Å². The van der Waals surface area contributed by atoms with Crippen LogP contribution in [0.2, 0.25) is 5.02 Å². The predicted molar refractivity (Wildman–Crippen MR) is 130 cm³/mol. The van der Waals surface area contributed by atoms with E-state index in [0.29, 0.717) is 17.7 Å². The number of nitrogens with one attached hydrogen (secondary N) is 2. The van der Waals surface area contributed by atoms with Crippen LogP contribution in [0.3, 0.4) is 0 Å². The summed E-state index contributed by atoms with van der Waals surface area (Å²) in [5.74, 6) is -0.967. The topological polar surface area (TPSA) is 97.6 Å². The van der Waals surface area contributed by atoms with Crippen LogP contribution in [0.5, 0.6) is 0 Å². The third-order valence-electron chi connectivity index (χ3n) is 5.46. The van der Waals surface area contributed by atoms with Gasteiger partial charge >= 0.3 is 5.69 Å². The smallest absolute Gasteiger partial charge is 0.331 e. The molecule has 4 rings (SSSR count). The van der Waals surface area contributed by atoms with Crippen molar-refractivity contribution >= 4 is 28.4 Å². The summed E-state index contributed by atoms with van der Waals surface area (Å²) >= 11 is 5.84. The summed E-state index contributed by atoms with van der Waals surface area (Å²) in [6, 6.07) is 8.58. The molecule has 0 atom stereocenters. The number of hydrogen-bond acceptors (Lipinski definition) is 6. The SMILES string of the molecule is CCON1C=CC(CNC(=O)c2ccc3c(c2)c(=O)n(Cc2ccc(F)c(Cl)c2)c(=O)n3C)=CN1. The summed E-state index contributed by atoms with van der Waals surface area (Å²) in [5, 5.41) is 4.36. The van der Waals surface area contributed by atoms with Gasteiger partial charge in [-0.25, -0.2) is 9.18 Å². The van der Waals surface area contributed by atoms with E-state index in [4.69, 9.17) is 16.4 Å². The van der Waals surface area contributed by atoms with Gasteiger partial charge in [0, 0.05) is 25.4 Å². The lowest BCUT2D eigenvalue weighted by atomic mass is 10.1. The molecule has 1 amide bonds. The fraction of sp³-hybridized carbons (Fsp3) is 0.208. The quantitative estimate of drug-likeness (QED) is 0.518. The van der Waals surface area contributed by atoms with E-state index < -0.39 is 17.1 Å². The summed E-state index contributed by atoms with van der Waals surface area (Å²) in [6.45, 7) is 2.53. The monoisotopic (exact) mass is 499 g/mol. The summed E-state index contributed by atoms with van der Waals surface area (Å²) in [7, 11) is 1.54. The fourth-order valence-electron chi connectivity index (χ4n) is 3.63. The summed E-state index contributed by atoms with van der Waals surface area (Å²) in [4.78, 5) is 44.1. The lowest BCUT2D eigenvalue weighted by Crippen LogP contribution is -2.39. The number of nitrogens with zero attached hydrogens (tertiary/aromatic N) is 3. The van der Waals surface area contributed by atoms with Crippen LogP contribution in [0.4, 0.5) is 4.39 Å². The first-order valence-corrected chi connectivity index (χ1v) is 11.2. The highest BCUT2D eigenvalue weighted by molar-refractivity contribution is 6.30. The second-order valence-electron chi connectivity index (χ2n) is 7.80. The van der Waals surface area contributed by atoms with E-state index in [9.17, 15) is 18.8 Å². The highest BCUT2D eigenvalue weighted by Gasteiger charge is 2.15. The van der Waals surface area contributed by atoms with E-state index in [1.807, 2.05) is 6.92 Å². The molecule has 9 nitrogen and oxygen atoms in total. The highest BCUT2D eigenvalue weighted by Crippen LogP contribution is 2.17. The lowest BCUT2D eigenvalue weighted by molar-refractivity contribution is -0.143. The minimum atomic E-state index is -0.591. The first-order valence-electron chi connectivity index (χ1n) is 10.8. The highest BCUT2D eigenvalue weighted by atomic mass is 35.5. The standard InChI is InChI=1S/C24H23ClFN5O4/c1-3-35-31-9-8-16(13-28-31)12-27-22(32)17-5-7-21-18(11-17)23(33)30(24(34)29(21)2)14-15-4-6-20(26)19(25)10-15/h4-11,13,28H,3,12,14H2,1-2H3,(H,27,32). The number of hydroxylamine groups is 1. The van der Waals surface area contributed by atoms with Crippen LogP contribution in [0.15, 0.2) is 70.0 Å². The summed E-state index contributed by atoms with van der Waals surface area (Å²) in [5.41, 5.74) is 3.79. The van der Waals surface area contributed by atoms with Gasteiger partial charge in [0.05, 0.1) is 35.3 Å². The Morgan fingerprint density at radius 1 is 1.20 bits per heavy atom. The number of carbonyl (C=O) groups excluding carboxylic acids is 1. The molecule has 0 bridgehead atoms. The molecule has 0 fully saturated rings. The van der Waals surface area contributed by atoms with Crippen LogP contribution < -0.4 is 22.0 Å². The van der Waals surface area contributed by atoms with Crippen LogP contribution >= 0.6 is 11.6 Å². The van der Waals surface area contributed by atoms with Crippen molar-refractivity contribution in [3.8, 4) is 0 Å². The molecule has 35 heavy (non-hydrogen) atoms. The number of rotatable bonds is 7. The Hall–Kier alpha value is -3.89. The van der Waals surface area contributed by atoms with Gasteiger partial charge in [-0.2, -0.15) is 5.17 Å². The minimum absolute atomic E-state index is 0.0931. The van der Waals surface area contributed by atoms with Crippen LogP contribution in [0, 0.1) is 5.82 Å².